The first kappa shape index (κ1) is 15.2. The first-order valence-electron chi connectivity index (χ1n) is 9.53. The highest BCUT2D eigenvalue weighted by molar-refractivity contribution is 5.79. The van der Waals surface area contributed by atoms with Gasteiger partial charge in [-0.15, -0.1) is 0 Å². The maximum Gasteiger partial charge on any atom is 0.133 e. The molecule has 4 fully saturated rings. The summed E-state index contributed by atoms with van der Waals surface area (Å²) in [6.07, 6.45) is 11.4. The number of ketones is 1. The number of ether oxygens (including phenoxy) is 1. The fourth-order valence-electron chi connectivity index (χ4n) is 7.38. The van der Waals surface area contributed by atoms with Crippen molar-refractivity contribution in [1.82, 2.24) is 0 Å². The van der Waals surface area contributed by atoms with Gasteiger partial charge in [-0.05, 0) is 79.4 Å². The molecule has 0 spiro atoms. The highest BCUT2D eigenvalue weighted by Crippen LogP contribution is 2.66. The highest BCUT2D eigenvalue weighted by atomic mass is 16.5. The van der Waals surface area contributed by atoms with E-state index < -0.39 is 0 Å². The molecule has 4 aliphatic rings. The van der Waals surface area contributed by atoms with Crippen LogP contribution in [0.5, 0.6) is 0 Å². The Hall–Kier alpha value is -0.370. The van der Waals surface area contributed by atoms with Gasteiger partial charge in [0.1, 0.15) is 5.78 Å². The zero-order valence-electron chi connectivity index (χ0n) is 14.6. The molecule has 4 rings (SSSR count). The molecule has 0 N–H and O–H groups in total. The Morgan fingerprint density at radius 3 is 2.50 bits per heavy atom. The van der Waals surface area contributed by atoms with Crippen molar-refractivity contribution in [3.63, 3.8) is 0 Å². The summed E-state index contributed by atoms with van der Waals surface area (Å²) < 4.78 is 5.86. The van der Waals surface area contributed by atoms with Crippen molar-refractivity contribution in [2.75, 3.05) is 7.11 Å². The summed E-state index contributed by atoms with van der Waals surface area (Å²) >= 11 is 0. The van der Waals surface area contributed by atoms with Gasteiger partial charge in [0.2, 0.25) is 0 Å². The molecule has 22 heavy (non-hydrogen) atoms. The number of rotatable bonds is 1. The van der Waals surface area contributed by atoms with Crippen molar-refractivity contribution in [3.8, 4) is 0 Å². The number of hydrogen-bond acceptors (Lipinski definition) is 2. The average molecular weight is 304 g/mol. The van der Waals surface area contributed by atoms with Crippen LogP contribution < -0.4 is 0 Å². The third kappa shape index (κ3) is 1.92. The first-order valence-corrected chi connectivity index (χ1v) is 9.53. The highest BCUT2D eigenvalue weighted by Gasteiger charge is 2.60. The van der Waals surface area contributed by atoms with Crippen LogP contribution in [0.3, 0.4) is 0 Å². The molecular formula is C20H32O2. The van der Waals surface area contributed by atoms with Crippen molar-refractivity contribution in [2.24, 2.45) is 34.5 Å². The van der Waals surface area contributed by atoms with E-state index in [0.29, 0.717) is 28.6 Å². The van der Waals surface area contributed by atoms with Gasteiger partial charge in [-0.25, -0.2) is 0 Å². The van der Waals surface area contributed by atoms with Crippen LogP contribution in [0.2, 0.25) is 0 Å². The van der Waals surface area contributed by atoms with Gasteiger partial charge < -0.3 is 4.74 Å². The molecule has 7 atom stereocenters. The summed E-state index contributed by atoms with van der Waals surface area (Å²) in [5, 5.41) is 0. The minimum Gasteiger partial charge on any atom is -0.381 e. The molecule has 4 aliphatic carbocycles. The Bertz CT molecular complexity index is 472. The second kappa shape index (κ2) is 5.06. The number of fused-ring (bicyclic) bond motifs is 5. The molecule has 0 saturated heterocycles. The fraction of sp³-hybridized carbons (Fsp3) is 0.950. The van der Waals surface area contributed by atoms with E-state index >= 15 is 0 Å². The predicted molar refractivity (Wildman–Crippen MR) is 87.5 cm³/mol. The zero-order valence-corrected chi connectivity index (χ0v) is 14.6. The van der Waals surface area contributed by atoms with E-state index in [1.165, 1.54) is 38.5 Å². The second-order valence-corrected chi connectivity index (χ2v) is 9.25. The molecule has 0 bridgehead atoms. The van der Waals surface area contributed by atoms with Gasteiger partial charge in [-0.3, -0.25) is 4.79 Å². The summed E-state index contributed by atoms with van der Waals surface area (Å²) in [6, 6.07) is 0. The first-order chi connectivity index (χ1) is 10.5. The number of Topliss-reactive ketones (excluding diaryl/α,β-unsaturated/α-hetero) is 1. The van der Waals surface area contributed by atoms with Crippen LogP contribution in [0, 0.1) is 34.5 Å². The SMILES string of the molecule is CO[C@H]1CC[C@H]2[C@@H]3CCC4CC(=O)CC[C@]4(C)[C@H]3CC[C@]12C. The number of hydrogen-bond donors (Lipinski definition) is 0. The standard InChI is InChI=1S/C20H32O2/c1-19-10-8-14(21)12-13(19)4-5-15-16-6-7-18(22-3)20(16,2)11-9-17(15)19/h13,15-18H,4-12H2,1-3H3/t13?,15-,16-,17-,18-,19-,20-/m0/s1. The molecule has 0 aromatic carbocycles. The molecular weight excluding hydrogens is 272 g/mol. The van der Waals surface area contributed by atoms with Crippen molar-refractivity contribution >= 4 is 5.78 Å². The summed E-state index contributed by atoms with van der Waals surface area (Å²) in [6.45, 7) is 5.04. The van der Waals surface area contributed by atoms with Crippen LogP contribution in [0.15, 0.2) is 0 Å². The van der Waals surface area contributed by atoms with Gasteiger partial charge in [0.25, 0.3) is 0 Å². The van der Waals surface area contributed by atoms with E-state index in [2.05, 4.69) is 13.8 Å². The molecule has 0 aromatic rings. The molecule has 0 heterocycles. The molecule has 0 aliphatic heterocycles. The van der Waals surface area contributed by atoms with E-state index in [1.54, 1.807) is 0 Å². The Balaban J connectivity index is 1.62. The lowest BCUT2D eigenvalue weighted by molar-refractivity contribution is -0.143. The van der Waals surface area contributed by atoms with Crippen LogP contribution in [0.25, 0.3) is 0 Å². The predicted octanol–water partition coefficient (Wildman–Crippen LogP) is 4.61. The zero-order chi connectivity index (χ0) is 15.5. The van der Waals surface area contributed by atoms with Crippen molar-refractivity contribution in [3.05, 3.63) is 0 Å². The number of carbonyl (C=O) groups excluding carboxylic acids is 1. The molecule has 1 unspecified atom stereocenters. The monoisotopic (exact) mass is 304 g/mol. The van der Waals surface area contributed by atoms with Gasteiger partial charge in [0.15, 0.2) is 0 Å². The van der Waals surface area contributed by atoms with E-state index in [4.69, 9.17) is 4.74 Å². The Kier molecular flexibility index (Phi) is 3.49. The lowest BCUT2D eigenvalue weighted by atomic mass is 9.45. The fourth-order valence-corrected chi connectivity index (χ4v) is 7.38. The lowest BCUT2D eigenvalue weighted by Gasteiger charge is -2.60. The van der Waals surface area contributed by atoms with E-state index in [-0.39, 0.29) is 0 Å². The van der Waals surface area contributed by atoms with Gasteiger partial charge in [-0.2, -0.15) is 0 Å². The summed E-state index contributed by atoms with van der Waals surface area (Å²) in [5.74, 6) is 3.84. The Morgan fingerprint density at radius 1 is 0.955 bits per heavy atom. The maximum absolute atomic E-state index is 11.9. The Labute approximate surface area is 135 Å². The van der Waals surface area contributed by atoms with Gasteiger partial charge in [0.05, 0.1) is 6.10 Å². The molecule has 0 amide bonds. The lowest BCUT2D eigenvalue weighted by Crippen LogP contribution is -2.54. The average Bonchev–Trinajstić information content (AvgIpc) is 2.84. The molecule has 0 radical (unpaired) electrons. The number of methoxy groups -OCH3 is 1. The third-order valence-corrected chi connectivity index (χ3v) is 8.68. The third-order valence-electron chi connectivity index (χ3n) is 8.68. The summed E-state index contributed by atoms with van der Waals surface area (Å²) in [5.41, 5.74) is 0.868. The second-order valence-electron chi connectivity index (χ2n) is 9.25. The van der Waals surface area contributed by atoms with E-state index in [0.717, 1.165) is 37.0 Å². The largest absolute Gasteiger partial charge is 0.381 e. The minimum atomic E-state index is 0.420. The van der Waals surface area contributed by atoms with Crippen LogP contribution in [0.1, 0.15) is 71.6 Å². The van der Waals surface area contributed by atoms with Crippen molar-refractivity contribution < 1.29 is 9.53 Å². The Morgan fingerprint density at radius 2 is 1.73 bits per heavy atom. The number of carbonyl (C=O) groups is 1. The van der Waals surface area contributed by atoms with E-state index in [9.17, 15) is 4.79 Å². The van der Waals surface area contributed by atoms with Crippen LogP contribution >= 0.6 is 0 Å². The minimum absolute atomic E-state index is 0.420. The molecule has 4 saturated carbocycles. The van der Waals surface area contributed by atoms with Crippen LogP contribution in [-0.4, -0.2) is 19.0 Å². The smallest absolute Gasteiger partial charge is 0.133 e. The summed E-state index contributed by atoms with van der Waals surface area (Å²) in [7, 11) is 1.91. The quantitative estimate of drug-likeness (QED) is 0.707. The molecule has 2 heteroatoms. The maximum atomic E-state index is 11.9. The topological polar surface area (TPSA) is 26.3 Å². The molecule has 124 valence electrons. The molecule has 2 nitrogen and oxygen atoms in total. The van der Waals surface area contributed by atoms with Gasteiger partial charge in [0, 0.05) is 20.0 Å². The van der Waals surface area contributed by atoms with Crippen LogP contribution in [-0.2, 0) is 9.53 Å². The van der Waals surface area contributed by atoms with Crippen LogP contribution in [0.4, 0.5) is 0 Å². The normalized spacial score (nSPS) is 54.5. The molecule has 0 aromatic heterocycles. The van der Waals surface area contributed by atoms with Gasteiger partial charge >= 0.3 is 0 Å². The van der Waals surface area contributed by atoms with Gasteiger partial charge in [-0.1, -0.05) is 13.8 Å². The van der Waals surface area contributed by atoms with E-state index in [1.807, 2.05) is 7.11 Å². The summed E-state index contributed by atoms with van der Waals surface area (Å²) in [4.78, 5) is 11.9. The van der Waals surface area contributed by atoms with Crippen molar-refractivity contribution in [1.29, 1.82) is 0 Å². The van der Waals surface area contributed by atoms with Crippen molar-refractivity contribution in [2.45, 2.75) is 77.7 Å².